The van der Waals surface area contributed by atoms with Crippen molar-refractivity contribution in [2.45, 2.75) is 6.54 Å². The fourth-order valence-corrected chi connectivity index (χ4v) is 1.64. The summed E-state index contributed by atoms with van der Waals surface area (Å²) in [6.07, 6.45) is 3.36. The first-order valence-electron chi connectivity index (χ1n) is 5.22. The van der Waals surface area contributed by atoms with E-state index in [0.29, 0.717) is 11.3 Å². The van der Waals surface area contributed by atoms with Gasteiger partial charge in [-0.1, -0.05) is 0 Å². The lowest BCUT2D eigenvalue weighted by atomic mass is 10.1. The molecule has 1 aromatic heterocycles. The van der Waals surface area contributed by atoms with Crippen LogP contribution in [0.25, 0.3) is 0 Å². The molecule has 0 radical (unpaired) electrons. The highest BCUT2D eigenvalue weighted by atomic mass is 16.3. The van der Waals surface area contributed by atoms with Crippen molar-refractivity contribution >= 4 is 11.4 Å². The van der Waals surface area contributed by atoms with Crippen LogP contribution in [0.2, 0.25) is 0 Å². The summed E-state index contributed by atoms with van der Waals surface area (Å²) < 4.78 is 5.02. The van der Waals surface area contributed by atoms with Crippen molar-refractivity contribution in [2.75, 3.05) is 17.7 Å². The molecular weight excluding hydrogens is 214 g/mol. The molecule has 0 saturated carbocycles. The molecule has 0 amide bonds. The molecule has 1 heterocycles. The molecule has 2 rings (SSSR count). The van der Waals surface area contributed by atoms with Crippen LogP contribution in [0.1, 0.15) is 11.1 Å². The molecule has 4 nitrogen and oxygen atoms in total. The highest BCUT2D eigenvalue weighted by Crippen LogP contribution is 2.21. The second-order valence-electron chi connectivity index (χ2n) is 3.87. The van der Waals surface area contributed by atoms with Gasteiger partial charge in [0, 0.05) is 24.8 Å². The Bertz CT molecular complexity index is 540. The lowest BCUT2D eigenvalue weighted by Crippen LogP contribution is -2.16. The smallest absolute Gasteiger partial charge is 0.101 e. The molecular formula is C13H13N3O. The van der Waals surface area contributed by atoms with Gasteiger partial charge in [0.25, 0.3) is 0 Å². The predicted octanol–water partition coefficient (Wildman–Crippen LogP) is 2.37. The number of anilines is 2. The maximum atomic E-state index is 8.80. The number of rotatable bonds is 3. The van der Waals surface area contributed by atoms with Crippen molar-refractivity contribution in [2.24, 2.45) is 0 Å². The molecule has 0 aliphatic heterocycles. The molecule has 1 aromatic carbocycles. The van der Waals surface area contributed by atoms with E-state index in [0.717, 1.165) is 17.8 Å². The van der Waals surface area contributed by atoms with Gasteiger partial charge in [-0.3, -0.25) is 0 Å². The molecule has 0 aliphatic carbocycles. The predicted molar refractivity (Wildman–Crippen MR) is 66.4 cm³/mol. The second-order valence-corrected chi connectivity index (χ2v) is 3.87. The summed E-state index contributed by atoms with van der Waals surface area (Å²) in [6, 6.07) is 9.39. The number of nitrogens with zero attached hydrogens (tertiary/aromatic N) is 2. The van der Waals surface area contributed by atoms with Gasteiger partial charge in [-0.05, 0) is 24.3 Å². The number of nitrogens with two attached hydrogens (primary N) is 1. The van der Waals surface area contributed by atoms with Crippen LogP contribution < -0.4 is 10.6 Å². The summed E-state index contributed by atoms with van der Waals surface area (Å²) in [5, 5.41) is 8.80. The third-order valence-corrected chi connectivity index (χ3v) is 2.60. The Morgan fingerprint density at radius 1 is 1.41 bits per heavy atom. The molecule has 0 unspecified atom stereocenters. The van der Waals surface area contributed by atoms with Gasteiger partial charge in [-0.25, -0.2) is 0 Å². The minimum Gasteiger partial charge on any atom is -0.472 e. The van der Waals surface area contributed by atoms with E-state index in [1.165, 1.54) is 0 Å². The first-order valence-corrected chi connectivity index (χ1v) is 5.22. The molecule has 2 aromatic rings. The number of furan rings is 1. The summed E-state index contributed by atoms with van der Waals surface area (Å²) in [4.78, 5) is 2.04. The van der Waals surface area contributed by atoms with Crippen molar-refractivity contribution < 1.29 is 4.42 Å². The Hall–Kier alpha value is -2.41. The summed E-state index contributed by atoms with van der Waals surface area (Å²) in [6.45, 7) is 0.738. The van der Waals surface area contributed by atoms with Crippen molar-refractivity contribution in [1.29, 1.82) is 5.26 Å². The van der Waals surface area contributed by atoms with E-state index in [-0.39, 0.29) is 0 Å². The zero-order valence-electron chi connectivity index (χ0n) is 9.55. The van der Waals surface area contributed by atoms with Crippen LogP contribution in [0.15, 0.2) is 41.2 Å². The Kier molecular flexibility index (Phi) is 3.01. The fourth-order valence-electron chi connectivity index (χ4n) is 1.64. The molecule has 2 N–H and O–H groups in total. The van der Waals surface area contributed by atoms with Crippen molar-refractivity contribution in [3.63, 3.8) is 0 Å². The summed E-state index contributed by atoms with van der Waals surface area (Å²) >= 11 is 0. The van der Waals surface area contributed by atoms with Gasteiger partial charge in [-0.15, -0.1) is 0 Å². The largest absolute Gasteiger partial charge is 0.472 e. The van der Waals surface area contributed by atoms with Crippen LogP contribution in [-0.4, -0.2) is 7.05 Å². The van der Waals surface area contributed by atoms with Gasteiger partial charge in [0.1, 0.15) is 6.07 Å². The van der Waals surface area contributed by atoms with Gasteiger partial charge in [-0.2, -0.15) is 5.26 Å². The summed E-state index contributed by atoms with van der Waals surface area (Å²) in [7, 11) is 1.97. The normalized spacial score (nSPS) is 9.88. The van der Waals surface area contributed by atoms with Crippen LogP contribution in [0.4, 0.5) is 11.4 Å². The zero-order chi connectivity index (χ0) is 12.3. The minimum atomic E-state index is 0.504. The second kappa shape index (κ2) is 4.62. The molecule has 17 heavy (non-hydrogen) atoms. The van der Waals surface area contributed by atoms with E-state index in [1.54, 1.807) is 24.7 Å². The van der Waals surface area contributed by atoms with E-state index < -0.39 is 0 Å². The first-order chi connectivity index (χ1) is 8.20. The lowest BCUT2D eigenvalue weighted by Gasteiger charge is -2.19. The van der Waals surface area contributed by atoms with Crippen molar-refractivity contribution in [3.05, 3.63) is 47.9 Å². The molecule has 0 saturated heterocycles. The molecule has 0 spiro atoms. The number of benzene rings is 1. The van der Waals surface area contributed by atoms with E-state index in [4.69, 9.17) is 15.4 Å². The summed E-state index contributed by atoms with van der Waals surface area (Å²) in [5.41, 5.74) is 8.85. The SMILES string of the molecule is CN(Cc1ccoc1)c1ccc(C#N)c(N)c1. The monoisotopic (exact) mass is 227 g/mol. The van der Waals surface area contributed by atoms with Crippen LogP contribution in [0, 0.1) is 11.3 Å². The van der Waals surface area contributed by atoms with E-state index in [2.05, 4.69) is 0 Å². The molecule has 0 aliphatic rings. The maximum absolute atomic E-state index is 8.80. The number of nitriles is 1. The molecule has 0 fully saturated rings. The summed E-state index contributed by atoms with van der Waals surface area (Å²) in [5.74, 6) is 0. The van der Waals surface area contributed by atoms with Gasteiger partial charge in [0.05, 0.1) is 23.8 Å². The van der Waals surface area contributed by atoms with E-state index >= 15 is 0 Å². The highest BCUT2D eigenvalue weighted by molar-refractivity contribution is 5.63. The van der Waals surface area contributed by atoms with E-state index in [9.17, 15) is 0 Å². The maximum Gasteiger partial charge on any atom is 0.101 e. The van der Waals surface area contributed by atoms with Gasteiger partial charge >= 0.3 is 0 Å². The molecule has 86 valence electrons. The molecule has 4 heteroatoms. The van der Waals surface area contributed by atoms with Gasteiger partial charge in [0.2, 0.25) is 0 Å². The number of hydrogen-bond donors (Lipinski definition) is 1. The minimum absolute atomic E-state index is 0.504. The molecule has 0 bridgehead atoms. The van der Waals surface area contributed by atoms with Crippen molar-refractivity contribution in [1.82, 2.24) is 0 Å². The van der Waals surface area contributed by atoms with Crippen LogP contribution in [0.5, 0.6) is 0 Å². The van der Waals surface area contributed by atoms with Crippen LogP contribution in [0.3, 0.4) is 0 Å². The highest BCUT2D eigenvalue weighted by Gasteiger charge is 2.05. The standard InChI is InChI=1S/C13H13N3O/c1-16(8-10-4-5-17-9-10)12-3-2-11(7-14)13(15)6-12/h2-6,9H,8,15H2,1H3. The third kappa shape index (κ3) is 2.40. The lowest BCUT2D eigenvalue weighted by molar-refractivity contribution is 0.563. The average Bonchev–Trinajstić information content (AvgIpc) is 2.81. The Labute approximate surface area is 99.9 Å². The molecule has 0 atom stereocenters. The zero-order valence-corrected chi connectivity index (χ0v) is 9.55. The topological polar surface area (TPSA) is 66.2 Å². The first kappa shape index (κ1) is 11.1. The Morgan fingerprint density at radius 2 is 2.24 bits per heavy atom. The van der Waals surface area contributed by atoms with Crippen molar-refractivity contribution in [3.8, 4) is 6.07 Å². The Balaban J connectivity index is 2.17. The number of nitrogen functional groups attached to an aromatic ring is 1. The van der Waals surface area contributed by atoms with Gasteiger partial charge in [0.15, 0.2) is 0 Å². The van der Waals surface area contributed by atoms with Crippen LogP contribution in [-0.2, 0) is 6.54 Å². The number of hydrogen-bond acceptors (Lipinski definition) is 4. The fraction of sp³-hybridized carbons (Fsp3) is 0.154. The Morgan fingerprint density at radius 3 is 2.82 bits per heavy atom. The van der Waals surface area contributed by atoms with Gasteiger partial charge < -0.3 is 15.1 Å². The van der Waals surface area contributed by atoms with Crippen LogP contribution >= 0.6 is 0 Å². The average molecular weight is 227 g/mol. The third-order valence-electron chi connectivity index (χ3n) is 2.60. The quantitative estimate of drug-likeness (QED) is 0.817. The van der Waals surface area contributed by atoms with E-state index in [1.807, 2.05) is 30.1 Å².